The number of anilines is 2. The number of nitrogens with one attached hydrogen (secondary N) is 2. The number of rotatable bonds is 4. The van der Waals surface area contributed by atoms with Crippen molar-refractivity contribution in [3.63, 3.8) is 0 Å². The number of hydrogen-bond acceptors (Lipinski definition) is 4. The molecule has 166 valence electrons. The molecule has 1 aliphatic heterocycles. The Morgan fingerprint density at radius 2 is 1.94 bits per heavy atom. The van der Waals surface area contributed by atoms with Crippen molar-refractivity contribution in [1.29, 1.82) is 5.26 Å². The van der Waals surface area contributed by atoms with E-state index in [0.717, 1.165) is 59.5 Å². The normalized spacial score (nSPS) is 20.1. The van der Waals surface area contributed by atoms with Gasteiger partial charge in [0.25, 0.3) is 0 Å². The molecule has 0 bridgehead atoms. The van der Waals surface area contributed by atoms with Crippen molar-refractivity contribution in [2.24, 2.45) is 5.92 Å². The lowest BCUT2D eigenvalue weighted by atomic mass is 9.84. The Labute approximate surface area is 188 Å². The van der Waals surface area contributed by atoms with E-state index in [4.69, 9.17) is 4.74 Å². The quantitative estimate of drug-likeness (QED) is 0.730. The summed E-state index contributed by atoms with van der Waals surface area (Å²) < 4.78 is 5.34. The van der Waals surface area contributed by atoms with E-state index in [0.29, 0.717) is 12.1 Å². The molecule has 32 heavy (non-hydrogen) atoms. The van der Waals surface area contributed by atoms with Crippen LogP contribution in [-0.2, 0) is 11.3 Å². The van der Waals surface area contributed by atoms with E-state index in [2.05, 4.69) is 16.7 Å². The van der Waals surface area contributed by atoms with Crippen LogP contribution >= 0.6 is 0 Å². The third-order valence-corrected chi connectivity index (χ3v) is 6.73. The Balaban J connectivity index is 1.39. The van der Waals surface area contributed by atoms with Gasteiger partial charge in [-0.25, -0.2) is 4.79 Å². The number of carbonyl (C=O) groups is 2. The minimum absolute atomic E-state index is 0.0114. The molecule has 2 aromatic carbocycles. The number of hydrogen-bond donors (Lipinski definition) is 2. The molecular weight excluding hydrogens is 404 g/mol. The Morgan fingerprint density at radius 1 is 1.19 bits per heavy atom. The molecule has 1 saturated carbocycles. The maximum Gasteiger partial charge on any atom is 0.322 e. The van der Waals surface area contributed by atoms with Crippen LogP contribution in [0.15, 0.2) is 30.3 Å². The van der Waals surface area contributed by atoms with Crippen molar-refractivity contribution in [3.05, 3.63) is 52.6 Å². The van der Waals surface area contributed by atoms with Gasteiger partial charge in [0.05, 0.1) is 25.3 Å². The number of amides is 3. The average Bonchev–Trinajstić information content (AvgIpc) is 2.80. The minimum Gasteiger partial charge on any atom is -0.496 e. The zero-order chi connectivity index (χ0) is 22.8. The molecule has 1 fully saturated rings. The van der Waals surface area contributed by atoms with E-state index in [1.165, 1.54) is 0 Å². The molecule has 0 spiro atoms. The lowest BCUT2D eigenvalue weighted by Gasteiger charge is -2.39. The van der Waals surface area contributed by atoms with Crippen LogP contribution in [-0.4, -0.2) is 30.0 Å². The number of aryl methyl sites for hydroxylation is 1. The van der Waals surface area contributed by atoms with Crippen LogP contribution in [0.4, 0.5) is 16.2 Å². The molecular formula is C25H28N4O3. The first-order chi connectivity index (χ1) is 15.4. The predicted octanol–water partition coefficient (Wildman–Crippen LogP) is 4.73. The number of nitrogens with zero attached hydrogens (tertiary/aromatic N) is 2. The van der Waals surface area contributed by atoms with Crippen molar-refractivity contribution in [2.45, 2.75) is 52.1 Å². The van der Waals surface area contributed by atoms with Gasteiger partial charge in [0.15, 0.2) is 0 Å². The summed E-state index contributed by atoms with van der Waals surface area (Å²) in [5, 5.41) is 15.3. The molecule has 0 unspecified atom stereocenters. The van der Waals surface area contributed by atoms with Gasteiger partial charge in [0.1, 0.15) is 5.75 Å². The molecule has 4 rings (SSSR count). The lowest BCUT2D eigenvalue weighted by molar-refractivity contribution is -0.121. The summed E-state index contributed by atoms with van der Waals surface area (Å²) in [5.74, 6) is 0.681. The number of nitriles is 1. The van der Waals surface area contributed by atoms with Gasteiger partial charge < -0.3 is 20.3 Å². The lowest BCUT2D eigenvalue weighted by Crippen LogP contribution is -2.47. The summed E-state index contributed by atoms with van der Waals surface area (Å²) in [6.45, 7) is 4.38. The van der Waals surface area contributed by atoms with E-state index in [1.807, 2.05) is 36.9 Å². The topological polar surface area (TPSA) is 94.5 Å². The molecule has 2 aromatic rings. The molecule has 2 N–H and O–H groups in total. The number of urea groups is 1. The summed E-state index contributed by atoms with van der Waals surface area (Å²) in [6.07, 6.45) is 3.00. The second kappa shape index (κ2) is 8.91. The van der Waals surface area contributed by atoms with Crippen molar-refractivity contribution >= 4 is 23.3 Å². The second-order valence-corrected chi connectivity index (χ2v) is 8.61. The fourth-order valence-electron chi connectivity index (χ4n) is 4.71. The molecule has 1 aliphatic carbocycles. The highest BCUT2D eigenvalue weighted by atomic mass is 16.5. The number of benzene rings is 2. The highest BCUT2D eigenvalue weighted by molar-refractivity contribution is 5.94. The third kappa shape index (κ3) is 4.13. The number of ether oxygens (including phenoxy) is 1. The Bertz CT molecular complexity index is 1100. The monoisotopic (exact) mass is 432 g/mol. The van der Waals surface area contributed by atoms with Crippen LogP contribution in [0.2, 0.25) is 0 Å². The number of carbonyl (C=O) groups excluding carboxylic acids is 2. The number of methoxy groups -OCH3 is 1. The second-order valence-electron chi connectivity index (χ2n) is 8.61. The molecule has 1 heterocycles. The van der Waals surface area contributed by atoms with E-state index in [-0.39, 0.29) is 23.9 Å². The Morgan fingerprint density at radius 3 is 2.62 bits per heavy atom. The molecule has 0 atom stereocenters. The van der Waals surface area contributed by atoms with Gasteiger partial charge in [-0.2, -0.15) is 5.26 Å². The van der Waals surface area contributed by atoms with Gasteiger partial charge >= 0.3 is 6.03 Å². The SMILES string of the molecule is COc1cc(NC(=O)C2CCC(N3Cc4c(ccc(C#N)c4C)NC3=O)CC2)ccc1C. The van der Waals surface area contributed by atoms with E-state index in [9.17, 15) is 14.9 Å². The summed E-state index contributed by atoms with van der Waals surface area (Å²) in [7, 11) is 1.62. The zero-order valence-corrected chi connectivity index (χ0v) is 18.7. The molecule has 3 amide bonds. The van der Waals surface area contributed by atoms with Crippen LogP contribution < -0.4 is 15.4 Å². The number of fused-ring (bicyclic) bond motifs is 1. The Kier molecular flexibility index (Phi) is 6.04. The summed E-state index contributed by atoms with van der Waals surface area (Å²) >= 11 is 0. The predicted molar refractivity (Wildman–Crippen MR) is 123 cm³/mol. The minimum atomic E-state index is -0.110. The van der Waals surface area contributed by atoms with Crippen LogP contribution in [0.5, 0.6) is 5.75 Å². The fraction of sp³-hybridized carbons (Fsp3) is 0.400. The summed E-state index contributed by atoms with van der Waals surface area (Å²) in [5.41, 5.74) is 5.07. The summed E-state index contributed by atoms with van der Waals surface area (Å²) in [6, 6.07) is 11.4. The molecule has 7 nitrogen and oxygen atoms in total. The highest BCUT2D eigenvalue weighted by Crippen LogP contribution is 2.34. The maximum atomic E-state index is 12.8. The van der Waals surface area contributed by atoms with Crippen LogP contribution in [0.3, 0.4) is 0 Å². The Hall–Kier alpha value is -3.53. The fourth-order valence-corrected chi connectivity index (χ4v) is 4.71. The van der Waals surface area contributed by atoms with Gasteiger partial charge in [-0.3, -0.25) is 4.79 Å². The van der Waals surface area contributed by atoms with Crippen molar-refractivity contribution in [3.8, 4) is 11.8 Å². The first kappa shape index (κ1) is 21.7. The molecule has 0 saturated heterocycles. The first-order valence-corrected chi connectivity index (χ1v) is 11.0. The molecule has 0 aromatic heterocycles. The van der Waals surface area contributed by atoms with Crippen molar-refractivity contribution in [2.75, 3.05) is 17.7 Å². The third-order valence-electron chi connectivity index (χ3n) is 6.73. The molecule has 0 radical (unpaired) electrons. The van der Waals surface area contributed by atoms with Gasteiger partial charge in [-0.15, -0.1) is 0 Å². The highest BCUT2D eigenvalue weighted by Gasteiger charge is 2.34. The van der Waals surface area contributed by atoms with Crippen LogP contribution in [0, 0.1) is 31.1 Å². The maximum absolute atomic E-state index is 12.8. The van der Waals surface area contributed by atoms with Gasteiger partial charge in [0.2, 0.25) is 5.91 Å². The summed E-state index contributed by atoms with van der Waals surface area (Å²) in [4.78, 5) is 27.4. The van der Waals surface area contributed by atoms with Crippen molar-refractivity contribution < 1.29 is 14.3 Å². The van der Waals surface area contributed by atoms with E-state index >= 15 is 0 Å². The molecule has 2 aliphatic rings. The van der Waals surface area contributed by atoms with E-state index < -0.39 is 0 Å². The van der Waals surface area contributed by atoms with Gasteiger partial charge in [0, 0.05) is 29.4 Å². The van der Waals surface area contributed by atoms with Crippen LogP contribution in [0.1, 0.15) is 47.9 Å². The van der Waals surface area contributed by atoms with Crippen molar-refractivity contribution in [1.82, 2.24) is 4.90 Å². The zero-order valence-electron chi connectivity index (χ0n) is 18.7. The van der Waals surface area contributed by atoms with Gasteiger partial charge in [-0.05, 0) is 74.4 Å². The largest absolute Gasteiger partial charge is 0.496 e. The smallest absolute Gasteiger partial charge is 0.322 e. The first-order valence-electron chi connectivity index (χ1n) is 11.0. The van der Waals surface area contributed by atoms with Crippen LogP contribution in [0.25, 0.3) is 0 Å². The van der Waals surface area contributed by atoms with E-state index in [1.54, 1.807) is 19.2 Å². The average molecular weight is 433 g/mol. The standard InChI is InChI=1S/C25H28N4O3/c1-15-4-8-19(12-23(15)32-3)27-24(30)17-5-9-20(10-6-17)29-14-21-16(2)18(13-26)7-11-22(21)28-25(29)31/h4,7-8,11-12,17,20H,5-6,9-10,14H2,1-3H3,(H,27,30)(H,28,31). The molecule has 7 heteroatoms. The van der Waals surface area contributed by atoms with Gasteiger partial charge in [-0.1, -0.05) is 6.07 Å².